The first-order chi connectivity index (χ1) is 14.6. The van der Waals surface area contributed by atoms with Crippen LogP contribution >= 0.6 is 11.6 Å². The van der Waals surface area contributed by atoms with Gasteiger partial charge in [0.05, 0.1) is 42.0 Å². The number of aliphatic hydroxyl groups is 1. The number of amides is 1. The van der Waals surface area contributed by atoms with E-state index in [0.717, 1.165) is 18.5 Å². The van der Waals surface area contributed by atoms with Crippen molar-refractivity contribution < 1.29 is 19.2 Å². The van der Waals surface area contributed by atoms with Crippen LogP contribution in [-0.4, -0.2) is 59.4 Å². The van der Waals surface area contributed by atoms with Crippen molar-refractivity contribution in [3.63, 3.8) is 0 Å². The molecule has 1 aromatic carbocycles. The first-order valence-electron chi connectivity index (χ1n) is 10.1. The molecule has 0 saturated carbocycles. The summed E-state index contributed by atoms with van der Waals surface area (Å²) in [5.41, 5.74) is 1.47. The van der Waals surface area contributed by atoms with Crippen LogP contribution in [0.25, 0.3) is 0 Å². The number of aliphatic hydroxyl groups excluding tert-OH is 1. The fourth-order valence-electron chi connectivity index (χ4n) is 4.19. The quantitative estimate of drug-likeness (QED) is 0.774. The zero-order chi connectivity index (χ0) is 20.8. The number of rotatable bonds is 5. The zero-order valence-corrected chi connectivity index (χ0v) is 17.2. The van der Waals surface area contributed by atoms with Gasteiger partial charge in [-0.3, -0.25) is 9.79 Å². The molecule has 3 aliphatic rings. The monoisotopic (exact) mass is 431 g/mol. The summed E-state index contributed by atoms with van der Waals surface area (Å²) in [4.78, 5) is 26.1. The van der Waals surface area contributed by atoms with Crippen molar-refractivity contribution in [1.82, 2.24) is 10.1 Å². The molecular formula is C20H22ClN5O4. The van der Waals surface area contributed by atoms with Gasteiger partial charge in [0.1, 0.15) is 6.04 Å². The Morgan fingerprint density at radius 3 is 3.03 bits per heavy atom. The van der Waals surface area contributed by atoms with E-state index in [4.69, 9.17) is 20.9 Å². The van der Waals surface area contributed by atoms with Crippen LogP contribution in [0.4, 0.5) is 11.4 Å². The molecule has 9 nitrogen and oxygen atoms in total. The number of hydrogen-bond donors (Lipinski definition) is 1. The topological polar surface area (TPSA) is 104 Å². The lowest BCUT2D eigenvalue weighted by molar-refractivity contribution is -0.120. The predicted molar refractivity (Wildman–Crippen MR) is 110 cm³/mol. The molecule has 1 fully saturated rings. The molecule has 5 rings (SSSR count). The minimum absolute atomic E-state index is 0.0224. The second-order valence-electron chi connectivity index (χ2n) is 7.83. The van der Waals surface area contributed by atoms with Gasteiger partial charge < -0.3 is 24.2 Å². The van der Waals surface area contributed by atoms with Crippen molar-refractivity contribution in [3.05, 3.63) is 34.9 Å². The van der Waals surface area contributed by atoms with Crippen LogP contribution < -0.4 is 9.80 Å². The van der Waals surface area contributed by atoms with Gasteiger partial charge in [-0.25, -0.2) is 0 Å². The average Bonchev–Trinajstić information content (AvgIpc) is 3.50. The fourth-order valence-corrected chi connectivity index (χ4v) is 4.46. The van der Waals surface area contributed by atoms with Crippen LogP contribution in [0.15, 0.2) is 27.7 Å². The Kier molecular flexibility index (Phi) is 4.96. The number of benzene rings is 1. The number of nitrogens with zero attached hydrogens (tertiary/aromatic N) is 5. The number of para-hydroxylation sites is 1. The maximum absolute atomic E-state index is 13.7. The van der Waals surface area contributed by atoms with E-state index in [2.05, 4.69) is 15.1 Å². The lowest BCUT2D eigenvalue weighted by Crippen LogP contribution is -2.54. The Labute approximate surface area is 178 Å². The van der Waals surface area contributed by atoms with Crippen LogP contribution in [-0.2, 0) is 9.53 Å². The van der Waals surface area contributed by atoms with Gasteiger partial charge in [-0.2, -0.15) is 4.98 Å². The molecule has 1 saturated heterocycles. The lowest BCUT2D eigenvalue weighted by atomic mass is 10.0. The summed E-state index contributed by atoms with van der Waals surface area (Å²) in [5.74, 6) is 0.249. The molecule has 0 bridgehead atoms. The number of halogens is 1. The van der Waals surface area contributed by atoms with Crippen LogP contribution in [0.2, 0.25) is 5.02 Å². The molecule has 4 unspecified atom stereocenters. The summed E-state index contributed by atoms with van der Waals surface area (Å²) >= 11 is 6.52. The van der Waals surface area contributed by atoms with E-state index in [-0.39, 0.29) is 30.4 Å². The third kappa shape index (κ3) is 3.08. The van der Waals surface area contributed by atoms with Gasteiger partial charge >= 0.3 is 0 Å². The van der Waals surface area contributed by atoms with Crippen molar-refractivity contribution in [2.75, 3.05) is 29.6 Å². The molecule has 30 heavy (non-hydrogen) atoms. The van der Waals surface area contributed by atoms with E-state index in [0.29, 0.717) is 29.7 Å². The van der Waals surface area contributed by atoms with E-state index in [1.54, 1.807) is 24.2 Å². The number of carbonyl (C=O) groups excluding carboxylic acids is 1. The number of carbonyl (C=O) groups is 1. The van der Waals surface area contributed by atoms with Crippen LogP contribution in [0.3, 0.4) is 0 Å². The van der Waals surface area contributed by atoms with Gasteiger partial charge in [-0.15, -0.1) is 0 Å². The normalized spacial score (nSPS) is 26.2. The summed E-state index contributed by atoms with van der Waals surface area (Å²) in [6.07, 6.45) is 3.50. The fraction of sp³-hybridized carbons (Fsp3) is 0.500. The maximum Gasteiger partial charge on any atom is 0.254 e. The average molecular weight is 432 g/mol. The van der Waals surface area contributed by atoms with Crippen LogP contribution in [0, 0.1) is 0 Å². The van der Waals surface area contributed by atoms with E-state index >= 15 is 0 Å². The summed E-state index contributed by atoms with van der Waals surface area (Å²) in [7, 11) is 0. The van der Waals surface area contributed by atoms with Crippen molar-refractivity contribution in [2.45, 2.75) is 43.9 Å². The summed E-state index contributed by atoms with van der Waals surface area (Å²) in [6.45, 7) is 2.84. The molecule has 4 atom stereocenters. The minimum Gasteiger partial charge on any atom is -0.396 e. The largest absolute Gasteiger partial charge is 0.396 e. The molecule has 10 heteroatoms. The Hall–Kier alpha value is -2.49. The van der Waals surface area contributed by atoms with Crippen LogP contribution in [0.5, 0.6) is 0 Å². The number of fused-ring (bicyclic) bond motifs is 3. The minimum atomic E-state index is -0.643. The molecule has 0 spiro atoms. The van der Waals surface area contributed by atoms with Crippen molar-refractivity contribution in [2.24, 2.45) is 4.99 Å². The highest BCUT2D eigenvalue weighted by atomic mass is 35.5. The Bertz CT molecular complexity index is 989. The molecule has 4 heterocycles. The molecule has 1 amide bonds. The standard InChI is InChI=1S/C20H22ClN5O4/c1-11(9-27)18-23-19(30-24-18)15-17-20(28)25(8-12-4-3-7-29-12)16-13(21)5-2-6-14(16)26(17)10-22-15/h2,5-6,10-12,15,17,27H,3-4,7-9H2,1H3. The molecule has 0 radical (unpaired) electrons. The van der Waals surface area contributed by atoms with E-state index in [9.17, 15) is 9.90 Å². The first kappa shape index (κ1) is 19.5. The number of aromatic nitrogens is 2. The number of hydrogen-bond acceptors (Lipinski definition) is 8. The Morgan fingerprint density at radius 2 is 2.27 bits per heavy atom. The molecule has 0 aliphatic carbocycles. The zero-order valence-electron chi connectivity index (χ0n) is 16.4. The van der Waals surface area contributed by atoms with Gasteiger partial charge in [0.2, 0.25) is 0 Å². The molecule has 1 N–H and O–H groups in total. The summed E-state index contributed by atoms with van der Waals surface area (Å²) in [5, 5.41) is 13.8. The molecule has 158 valence electrons. The van der Waals surface area contributed by atoms with Crippen LogP contribution in [0.1, 0.15) is 43.4 Å². The Balaban J connectivity index is 1.52. The third-order valence-corrected chi connectivity index (χ3v) is 6.12. The van der Waals surface area contributed by atoms with Crippen molar-refractivity contribution in [3.8, 4) is 0 Å². The van der Waals surface area contributed by atoms with Gasteiger partial charge in [-0.1, -0.05) is 29.7 Å². The highest BCUT2D eigenvalue weighted by Crippen LogP contribution is 2.46. The molecule has 3 aliphatic heterocycles. The smallest absolute Gasteiger partial charge is 0.254 e. The van der Waals surface area contributed by atoms with E-state index < -0.39 is 12.1 Å². The van der Waals surface area contributed by atoms with Crippen molar-refractivity contribution >= 4 is 35.2 Å². The van der Waals surface area contributed by atoms with Gasteiger partial charge in [0.25, 0.3) is 11.8 Å². The molecular weight excluding hydrogens is 410 g/mol. The molecule has 1 aromatic heterocycles. The SMILES string of the molecule is CC(CO)c1noc(C2N=CN3c4cccc(Cl)c4N(CC4CCCO4)C(=O)C23)n1. The summed E-state index contributed by atoms with van der Waals surface area (Å²) < 4.78 is 11.2. The lowest BCUT2D eigenvalue weighted by Gasteiger charge is -2.40. The third-order valence-electron chi connectivity index (χ3n) is 5.82. The number of anilines is 2. The van der Waals surface area contributed by atoms with Gasteiger partial charge in [0.15, 0.2) is 11.9 Å². The predicted octanol–water partition coefficient (Wildman–Crippen LogP) is 2.30. The maximum atomic E-state index is 13.7. The van der Waals surface area contributed by atoms with Crippen molar-refractivity contribution in [1.29, 1.82) is 0 Å². The highest BCUT2D eigenvalue weighted by molar-refractivity contribution is 6.35. The number of aliphatic imine (C=N–C) groups is 1. The second-order valence-corrected chi connectivity index (χ2v) is 8.23. The van der Waals surface area contributed by atoms with E-state index in [1.807, 2.05) is 17.0 Å². The Morgan fingerprint density at radius 1 is 1.40 bits per heavy atom. The summed E-state index contributed by atoms with van der Waals surface area (Å²) in [6, 6.07) is 4.28. The number of ether oxygens (including phenoxy) is 1. The van der Waals surface area contributed by atoms with E-state index in [1.165, 1.54) is 0 Å². The molecule has 2 aromatic rings. The van der Waals surface area contributed by atoms with Gasteiger partial charge in [0, 0.05) is 12.5 Å². The highest BCUT2D eigenvalue weighted by Gasteiger charge is 2.49. The van der Waals surface area contributed by atoms with Gasteiger partial charge in [-0.05, 0) is 25.0 Å². The second kappa shape index (κ2) is 7.64. The first-order valence-corrected chi connectivity index (χ1v) is 10.4.